The number of amides is 2. The minimum Gasteiger partial charge on any atom is -0.431 e. The Labute approximate surface area is 219 Å². The lowest BCUT2D eigenvalue weighted by atomic mass is 10.2. The van der Waals surface area contributed by atoms with Crippen LogP contribution in [0, 0.1) is 0 Å². The minimum atomic E-state index is -0.448. The topological polar surface area (TPSA) is 75.4 Å². The highest BCUT2D eigenvalue weighted by atomic mass is 35.5. The highest BCUT2D eigenvalue weighted by Gasteiger charge is 2.38. The minimum absolute atomic E-state index is 0.0326. The van der Waals surface area contributed by atoms with Gasteiger partial charge in [0.1, 0.15) is 10.9 Å². The van der Waals surface area contributed by atoms with E-state index >= 15 is 0 Å². The van der Waals surface area contributed by atoms with Crippen LogP contribution in [0.15, 0.2) is 87.3 Å². The lowest BCUT2D eigenvalue weighted by molar-refractivity contribution is -0.137. The molecule has 1 aliphatic heterocycles. The Bertz CT molecular complexity index is 1390. The maximum Gasteiger partial charge on any atom is 0.280 e. The van der Waals surface area contributed by atoms with Gasteiger partial charge in [0, 0.05) is 10.0 Å². The number of hydrogen-bond acceptors (Lipinski definition) is 6. The summed E-state index contributed by atoms with van der Waals surface area (Å²) in [6, 6.07) is 21.8. The molecule has 1 unspecified atom stereocenters. The molecule has 1 N–H and O–H groups in total. The number of thioether (sulfide) groups is 2. The van der Waals surface area contributed by atoms with Gasteiger partial charge >= 0.3 is 0 Å². The Balaban J connectivity index is 1.34. The maximum atomic E-state index is 13.3. The van der Waals surface area contributed by atoms with Gasteiger partial charge in [-0.25, -0.2) is 9.99 Å². The lowest BCUT2D eigenvalue weighted by Gasteiger charge is -2.24. The van der Waals surface area contributed by atoms with E-state index in [1.54, 1.807) is 30.3 Å². The van der Waals surface area contributed by atoms with Crippen LogP contribution >= 0.6 is 46.7 Å². The van der Waals surface area contributed by atoms with Gasteiger partial charge in [0.05, 0.1) is 10.7 Å². The number of carbonyl (C=O) groups is 2. The third-order valence-electron chi connectivity index (χ3n) is 5.07. The number of para-hydroxylation sites is 2. The van der Waals surface area contributed by atoms with Crippen molar-refractivity contribution in [3.63, 3.8) is 0 Å². The van der Waals surface area contributed by atoms with Crippen LogP contribution in [-0.2, 0) is 9.59 Å². The molecule has 6 nitrogen and oxygen atoms in total. The smallest absolute Gasteiger partial charge is 0.280 e. The molecule has 176 valence electrons. The Morgan fingerprint density at radius 2 is 1.74 bits per heavy atom. The molecule has 1 saturated heterocycles. The molecule has 35 heavy (non-hydrogen) atoms. The monoisotopic (exact) mass is 541 g/mol. The van der Waals surface area contributed by atoms with Crippen molar-refractivity contribution in [3.05, 3.63) is 98.9 Å². The molecule has 4 aromatic rings. The van der Waals surface area contributed by atoms with Crippen LogP contribution in [0.25, 0.3) is 17.2 Å². The number of benzene rings is 3. The number of fused-ring (bicyclic) bond motifs is 1. The van der Waals surface area contributed by atoms with Gasteiger partial charge in [0.25, 0.3) is 11.1 Å². The van der Waals surface area contributed by atoms with Gasteiger partial charge in [-0.2, -0.15) is 0 Å². The summed E-state index contributed by atoms with van der Waals surface area (Å²) in [5.74, 6) is -0.617. The van der Waals surface area contributed by atoms with Crippen LogP contribution in [0.3, 0.4) is 0 Å². The molecule has 5 rings (SSSR count). The van der Waals surface area contributed by atoms with E-state index in [-0.39, 0.29) is 17.6 Å². The summed E-state index contributed by atoms with van der Waals surface area (Å²) in [6.45, 7) is 0. The number of halogens is 2. The van der Waals surface area contributed by atoms with Crippen molar-refractivity contribution < 1.29 is 14.0 Å². The second-order valence-corrected chi connectivity index (χ2v) is 10.4. The molecule has 2 amide bonds. The number of carbonyl (C=O) groups excluding carboxylic acids is 2. The van der Waals surface area contributed by atoms with E-state index in [9.17, 15) is 9.59 Å². The largest absolute Gasteiger partial charge is 0.431 e. The van der Waals surface area contributed by atoms with Crippen molar-refractivity contribution in [3.8, 4) is 0 Å². The summed E-state index contributed by atoms with van der Waals surface area (Å²) < 4.78 is 5.66. The van der Waals surface area contributed by atoms with Crippen LogP contribution < -0.4 is 5.43 Å². The molecule has 1 atom stereocenters. The van der Waals surface area contributed by atoms with E-state index < -0.39 is 5.37 Å². The second kappa shape index (κ2) is 10.4. The van der Waals surface area contributed by atoms with Crippen LogP contribution in [0.4, 0.5) is 0 Å². The van der Waals surface area contributed by atoms with E-state index in [0.717, 1.165) is 28.4 Å². The van der Waals surface area contributed by atoms with Crippen LogP contribution in [0.1, 0.15) is 16.5 Å². The van der Waals surface area contributed by atoms with E-state index in [2.05, 4.69) is 10.4 Å². The molecule has 1 aliphatic rings. The Kier molecular flexibility index (Phi) is 7.06. The lowest BCUT2D eigenvalue weighted by Crippen LogP contribution is -2.45. The van der Waals surface area contributed by atoms with Crippen LogP contribution in [0.5, 0.6) is 0 Å². The van der Waals surface area contributed by atoms with Crippen molar-refractivity contribution in [1.82, 2.24) is 15.4 Å². The summed E-state index contributed by atoms with van der Waals surface area (Å²) in [6.07, 6.45) is 1.78. The SMILES string of the molecule is O=C(CSc1nc2ccccc2o1)NN1C(=O)/C(=C/c2ccc(Cl)cc2)SC1c1ccc(Cl)cc1. The fourth-order valence-corrected chi connectivity index (χ4v) is 5.49. The molecule has 10 heteroatoms. The number of aromatic nitrogens is 1. The first-order chi connectivity index (χ1) is 17.0. The highest BCUT2D eigenvalue weighted by molar-refractivity contribution is 8.04. The van der Waals surface area contributed by atoms with E-state index in [4.69, 9.17) is 27.6 Å². The molecular formula is C25H17Cl2N3O3S2. The summed E-state index contributed by atoms with van der Waals surface area (Å²) >= 11 is 14.5. The fraction of sp³-hybridized carbons (Fsp3) is 0.0800. The van der Waals surface area contributed by atoms with Gasteiger partial charge in [0.2, 0.25) is 5.91 Å². The Morgan fingerprint density at radius 3 is 2.46 bits per heavy atom. The fourth-order valence-electron chi connectivity index (χ4n) is 3.42. The molecule has 0 radical (unpaired) electrons. The van der Waals surface area contributed by atoms with E-state index in [1.807, 2.05) is 48.5 Å². The molecule has 0 aliphatic carbocycles. The van der Waals surface area contributed by atoms with Crippen molar-refractivity contribution in [2.45, 2.75) is 10.6 Å². The van der Waals surface area contributed by atoms with Gasteiger partial charge in [0.15, 0.2) is 5.58 Å². The van der Waals surface area contributed by atoms with Crippen molar-refractivity contribution >= 4 is 75.7 Å². The molecule has 1 fully saturated rings. The average Bonchev–Trinajstić information content (AvgIpc) is 3.41. The molecule has 2 heterocycles. The van der Waals surface area contributed by atoms with Crippen LogP contribution in [0.2, 0.25) is 10.0 Å². The molecular weight excluding hydrogens is 525 g/mol. The highest BCUT2D eigenvalue weighted by Crippen LogP contribution is 2.45. The number of hydrogen-bond donors (Lipinski definition) is 1. The molecule has 1 aromatic heterocycles. The molecule has 0 saturated carbocycles. The van der Waals surface area contributed by atoms with Crippen molar-refractivity contribution in [1.29, 1.82) is 0 Å². The molecule has 0 spiro atoms. The first-order valence-corrected chi connectivity index (χ1v) is 13.1. The van der Waals surface area contributed by atoms with Crippen molar-refractivity contribution in [2.24, 2.45) is 0 Å². The van der Waals surface area contributed by atoms with Gasteiger partial charge in [-0.05, 0) is 53.6 Å². The third kappa shape index (κ3) is 5.51. The zero-order valence-electron chi connectivity index (χ0n) is 18.0. The van der Waals surface area contributed by atoms with Crippen molar-refractivity contribution in [2.75, 3.05) is 5.75 Å². The zero-order chi connectivity index (χ0) is 24.4. The quantitative estimate of drug-likeness (QED) is 0.219. The third-order valence-corrected chi connectivity index (χ3v) is 7.66. The summed E-state index contributed by atoms with van der Waals surface area (Å²) in [4.78, 5) is 31.0. The first-order valence-electron chi connectivity index (χ1n) is 10.5. The number of nitrogens with one attached hydrogen (secondary N) is 1. The Morgan fingerprint density at radius 1 is 1.06 bits per heavy atom. The summed E-state index contributed by atoms with van der Waals surface area (Å²) in [7, 11) is 0. The molecule has 3 aromatic carbocycles. The first kappa shape index (κ1) is 23.8. The molecule has 0 bridgehead atoms. The number of oxazole rings is 1. The zero-order valence-corrected chi connectivity index (χ0v) is 21.1. The predicted octanol–water partition coefficient (Wildman–Crippen LogP) is 6.57. The summed E-state index contributed by atoms with van der Waals surface area (Å²) in [5.41, 5.74) is 5.80. The van der Waals surface area contributed by atoms with E-state index in [0.29, 0.717) is 25.8 Å². The normalized spacial score (nSPS) is 16.9. The van der Waals surface area contributed by atoms with Gasteiger partial charge in [-0.3, -0.25) is 15.0 Å². The van der Waals surface area contributed by atoms with Crippen LogP contribution in [-0.4, -0.2) is 27.6 Å². The Hall–Kier alpha value is -2.91. The second-order valence-electron chi connectivity index (χ2n) is 7.53. The standard InChI is InChI=1S/C25H17Cl2N3O3S2/c26-17-9-5-15(6-10-17)13-21-23(32)30(24(35-21)16-7-11-18(27)12-8-16)29-22(31)14-34-25-28-19-3-1-2-4-20(19)33-25/h1-13,24H,14H2,(H,29,31)/b21-13-. The maximum absolute atomic E-state index is 13.3. The summed E-state index contributed by atoms with van der Waals surface area (Å²) in [5, 5.41) is 2.50. The van der Waals surface area contributed by atoms with Gasteiger partial charge < -0.3 is 4.42 Å². The predicted molar refractivity (Wildman–Crippen MR) is 141 cm³/mol. The van der Waals surface area contributed by atoms with Gasteiger partial charge in [-0.1, -0.05) is 83.1 Å². The van der Waals surface area contributed by atoms with Gasteiger partial charge in [-0.15, -0.1) is 0 Å². The number of nitrogens with zero attached hydrogens (tertiary/aromatic N) is 2. The van der Waals surface area contributed by atoms with E-state index in [1.165, 1.54) is 16.8 Å². The number of rotatable bonds is 6. The number of hydrazine groups is 1. The average molecular weight is 542 g/mol.